The smallest absolute Gasteiger partial charge is 0.270 e. The highest BCUT2D eigenvalue weighted by Gasteiger charge is 2.10. The van der Waals surface area contributed by atoms with Crippen molar-refractivity contribution in [3.63, 3.8) is 0 Å². The molecule has 0 unspecified atom stereocenters. The second kappa shape index (κ2) is 6.88. The fraction of sp³-hybridized carbons (Fsp3) is 0.400. The van der Waals surface area contributed by atoms with Crippen LogP contribution in [0.15, 0.2) is 22.6 Å². The Morgan fingerprint density at radius 1 is 1.29 bits per heavy atom. The van der Waals surface area contributed by atoms with E-state index in [0.29, 0.717) is 17.4 Å². The Kier molecular flexibility index (Phi) is 4.92. The number of oxazole rings is 1. The molecule has 0 aromatic carbocycles. The SMILES string of the molecule is CCCNc1cccc(C(=O)NCc2nc(C)c(C)o2)n1. The van der Waals surface area contributed by atoms with Gasteiger partial charge in [0.2, 0.25) is 5.89 Å². The molecule has 1 amide bonds. The highest BCUT2D eigenvalue weighted by atomic mass is 16.4. The van der Waals surface area contributed by atoms with Crippen molar-refractivity contribution in [1.29, 1.82) is 0 Å². The van der Waals surface area contributed by atoms with E-state index in [-0.39, 0.29) is 12.5 Å². The summed E-state index contributed by atoms with van der Waals surface area (Å²) in [7, 11) is 0. The van der Waals surface area contributed by atoms with Gasteiger partial charge in [0.1, 0.15) is 17.3 Å². The molecule has 0 aliphatic rings. The molecule has 2 heterocycles. The van der Waals surface area contributed by atoms with Crippen molar-refractivity contribution in [2.24, 2.45) is 0 Å². The molecule has 0 fully saturated rings. The van der Waals surface area contributed by atoms with Gasteiger partial charge in [0, 0.05) is 6.54 Å². The van der Waals surface area contributed by atoms with E-state index >= 15 is 0 Å². The minimum absolute atomic E-state index is 0.247. The predicted molar refractivity (Wildman–Crippen MR) is 80.2 cm³/mol. The van der Waals surface area contributed by atoms with Crippen LogP contribution in [0, 0.1) is 13.8 Å². The highest BCUT2D eigenvalue weighted by Crippen LogP contribution is 2.09. The van der Waals surface area contributed by atoms with Crippen LogP contribution in [0.5, 0.6) is 0 Å². The van der Waals surface area contributed by atoms with Crippen LogP contribution < -0.4 is 10.6 Å². The van der Waals surface area contributed by atoms with Crippen molar-refractivity contribution in [3.05, 3.63) is 41.2 Å². The molecule has 0 radical (unpaired) electrons. The lowest BCUT2D eigenvalue weighted by Crippen LogP contribution is -2.24. The zero-order valence-corrected chi connectivity index (χ0v) is 12.6. The van der Waals surface area contributed by atoms with Crippen molar-refractivity contribution < 1.29 is 9.21 Å². The molecule has 0 saturated heterocycles. The Hall–Kier alpha value is -2.37. The summed E-state index contributed by atoms with van der Waals surface area (Å²) in [6.07, 6.45) is 1.00. The average Bonchev–Trinajstić information content (AvgIpc) is 2.81. The quantitative estimate of drug-likeness (QED) is 0.853. The second-order valence-electron chi connectivity index (χ2n) is 4.77. The lowest BCUT2D eigenvalue weighted by Gasteiger charge is -2.06. The summed E-state index contributed by atoms with van der Waals surface area (Å²) >= 11 is 0. The van der Waals surface area contributed by atoms with Gasteiger partial charge in [-0.1, -0.05) is 13.0 Å². The first-order valence-electron chi connectivity index (χ1n) is 7.02. The standard InChI is InChI=1S/C15H20N4O2/c1-4-8-16-13-7-5-6-12(19-13)15(20)17-9-14-18-10(2)11(3)21-14/h5-7H,4,8-9H2,1-3H3,(H,16,19)(H,17,20). The maximum atomic E-state index is 12.1. The van der Waals surface area contributed by atoms with Crippen LogP contribution in [0.1, 0.15) is 41.2 Å². The van der Waals surface area contributed by atoms with Crippen molar-refractivity contribution in [3.8, 4) is 0 Å². The van der Waals surface area contributed by atoms with Crippen LogP contribution >= 0.6 is 0 Å². The number of carbonyl (C=O) groups is 1. The van der Waals surface area contributed by atoms with Crippen LogP contribution in [0.2, 0.25) is 0 Å². The van der Waals surface area contributed by atoms with E-state index in [1.165, 1.54) is 0 Å². The van der Waals surface area contributed by atoms with Gasteiger partial charge in [0.05, 0.1) is 12.2 Å². The van der Waals surface area contributed by atoms with E-state index in [4.69, 9.17) is 4.42 Å². The van der Waals surface area contributed by atoms with Gasteiger partial charge in [-0.3, -0.25) is 4.79 Å². The maximum absolute atomic E-state index is 12.1. The Morgan fingerprint density at radius 2 is 2.10 bits per heavy atom. The molecule has 2 N–H and O–H groups in total. The number of nitrogens with zero attached hydrogens (tertiary/aromatic N) is 2. The number of hydrogen-bond donors (Lipinski definition) is 2. The van der Waals surface area contributed by atoms with E-state index in [1.54, 1.807) is 12.1 Å². The number of aryl methyl sites for hydroxylation is 2. The van der Waals surface area contributed by atoms with Crippen LogP contribution in [0.3, 0.4) is 0 Å². The monoisotopic (exact) mass is 288 g/mol. The number of hydrogen-bond acceptors (Lipinski definition) is 5. The van der Waals surface area contributed by atoms with Gasteiger partial charge in [-0.25, -0.2) is 9.97 Å². The number of amides is 1. The second-order valence-corrected chi connectivity index (χ2v) is 4.77. The third-order valence-electron chi connectivity index (χ3n) is 3.01. The van der Waals surface area contributed by atoms with Gasteiger partial charge in [-0.15, -0.1) is 0 Å². The summed E-state index contributed by atoms with van der Waals surface area (Å²) in [5.74, 6) is 1.72. The Balaban J connectivity index is 1.96. The molecule has 0 atom stereocenters. The number of aromatic nitrogens is 2. The lowest BCUT2D eigenvalue weighted by atomic mass is 10.3. The van der Waals surface area contributed by atoms with Crippen LogP contribution in [-0.2, 0) is 6.54 Å². The van der Waals surface area contributed by atoms with E-state index in [1.807, 2.05) is 19.9 Å². The normalized spacial score (nSPS) is 10.4. The van der Waals surface area contributed by atoms with Gasteiger partial charge in [-0.2, -0.15) is 0 Å². The Morgan fingerprint density at radius 3 is 2.76 bits per heavy atom. The first-order chi connectivity index (χ1) is 10.1. The third-order valence-corrected chi connectivity index (χ3v) is 3.01. The van der Waals surface area contributed by atoms with Crippen molar-refractivity contribution in [2.75, 3.05) is 11.9 Å². The van der Waals surface area contributed by atoms with E-state index in [0.717, 1.165) is 24.4 Å². The van der Waals surface area contributed by atoms with E-state index < -0.39 is 0 Å². The first kappa shape index (κ1) is 15.0. The molecule has 0 aliphatic heterocycles. The zero-order chi connectivity index (χ0) is 15.2. The van der Waals surface area contributed by atoms with Crippen LogP contribution in [-0.4, -0.2) is 22.4 Å². The molecule has 6 nitrogen and oxygen atoms in total. The number of carbonyl (C=O) groups excluding carboxylic acids is 1. The molecular formula is C15H20N4O2. The predicted octanol–water partition coefficient (Wildman–Crippen LogP) is 2.44. The third kappa shape index (κ3) is 4.05. The molecule has 2 rings (SSSR count). The highest BCUT2D eigenvalue weighted by molar-refractivity contribution is 5.92. The van der Waals surface area contributed by atoms with Crippen molar-refractivity contribution in [1.82, 2.24) is 15.3 Å². The number of rotatable bonds is 6. The largest absolute Gasteiger partial charge is 0.444 e. The maximum Gasteiger partial charge on any atom is 0.270 e. The molecule has 2 aromatic rings. The number of anilines is 1. The number of nitrogens with one attached hydrogen (secondary N) is 2. The van der Waals surface area contributed by atoms with Gasteiger partial charge < -0.3 is 15.1 Å². The summed E-state index contributed by atoms with van der Waals surface area (Å²) in [6.45, 7) is 6.87. The molecule has 2 aromatic heterocycles. The fourth-order valence-corrected chi connectivity index (χ4v) is 1.77. The fourth-order valence-electron chi connectivity index (χ4n) is 1.77. The molecule has 0 spiro atoms. The zero-order valence-electron chi connectivity index (χ0n) is 12.6. The van der Waals surface area contributed by atoms with Gasteiger partial charge in [-0.05, 0) is 32.4 Å². The molecule has 112 valence electrons. The molecule has 0 bridgehead atoms. The van der Waals surface area contributed by atoms with Crippen molar-refractivity contribution in [2.45, 2.75) is 33.7 Å². The molecule has 0 aliphatic carbocycles. The van der Waals surface area contributed by atoms with Gasteiger partial charge in [0.25, 0.3) is 5.91 Å². The summed E-state index contributed by atoms with van der Waals surface area (Å²) < 4.78 is 5.42. The lowest BCUT2D eigenvalue weighted by molar-refractivity contribution is 0.0942. The van der Waals surface area contributed by atoms with Crippen LogP contribution in [0.25, 0.3) is 0 Å². The molecule has 21 heavy (non-hydrogen) atoms. The number of pyridine rings is 1. The Bertz CT molecular complexity index is 602. The minimum Gasteiger partial charge on any atom is -0.444 e. The van der Waals surface area contributed by atoms with E-state index in [9.17, 15) is 4.79 Å². The summed E-state index contributed by atoms with van der Waals surface area (Å²) in [5, 5.41) is 5.91. The topological polar surface area (TPSA) is 80.0 Å². The Labute approximate surface area is 124 Å². The van der Waals surface area contributed by atoms with Gasteiger partial charge in [0.15, 0.2) is 0 Å². The van der Waals surface area contributed by atoms with Crippen molar-refractivity contribution >= 4 is 11.7 Å². The minimum atomic E-state index is -0.247. The molecule has 6 heteroatoms. The van der Waals surface area contributed by atoms with E-state index in [2.05, 4.69) is 27.5 Å². The summed E-state index contributed by atoms with van der Waals surface area (Å²) in [4.78, 5) is 20.6. The van der Waals surface area contributed by atoms with Gasteiger partial charge >= 0.3 is 0 Å². The first-order valence-corrected chi connectivity index (χ1v) is 7.02. The molecule has 0 saturated carbocycles. The average molecular weight is 288 g/mol. The molecular weight excluding hydrogens is 268 g/mol. The summed E-state index contributed by atoms with van der Waals surface area (Å²) in [6, 6.07) is 5.32. The van der Waals surface area contributed by atoms with Crippen LogP contribution in [0.4, 0.5) is 5.82 Å². The summed E-state index contributed by atoms with van der Waals surface area (Å²) in [5.41, 5.74) is 1.21.